The summed E-state index contributed by atoms with van der Waals surface area (Å²) in [6.45, 7) is 11.4. The van der Waals surface area contributed by atoms with Crippen molar-refractivity contribution in [1.82, 2.24) is 0 Å². The Balaban J connectivity index is 2.46. The summed E-state index contributed by atoms with van der Waals surface area (Å²) < 4.78 is 20.6. The molecule has 1 saturated heterocycles. The van der Waals surface area contributed by atoms with Crippen LogP contribution in [0.15, 0.2) is 23.2 Å². The largest absolute Gasteiger partial charge is 0.511 e. The van der Waals surface area contributed by atoms with Crippen LogP contribution in [0.5, 0.6) is 0 Å². The molecule has 1 fully saturated rings. The van der Waals surface area contributed by atoms with Gasteiger partial charge in [-0.1, -0.05) is 13.3 Å². The quantitative estimate of drug-likeness (QED) is 0.178. The van der Waals surface area contributed by atoms with E-state index in [1.54, 1.807) is 13.8 Å². The standard InChI is InChI=1S/C19H28O9/c1-8-9-19(6,7)26-18(22)25-14(5)23-13(4)24-16(21)11(2)10-15(20)12(3)17-27-28-17/h10,13-14H,8-9H2,1-7H3/b11-10+. The summed E-state index contributed by atoms with van der Waals surface area (Å²) in [6.07, 6.45) is -0.258. The summed E-state index contributed by atoms with van der Waals surface area (Å²) >= 11 is 0. The maximum Gasteiger partial charge on any atom is 0.511 e. The highest BCUT2D eigenvalue weighted by Gasteiger charge is 2.27. The van der Waals surface area contributed by atoms with Crippen LogP contribution in [-0.4, -0.2) is 36.1 Å². The van der Waals surface area contributed by atoms with Gasteiger partial charge in [-0.25, -0.2) is 19.4 Å². The third-order valence-corrected chi connectivity index (χ3v) is 3.64. The fourth-order valence-electron chi connectivity index (χ4n) is 2.22. The second-order valence-corrected chi connectivity index (χ2v) is 6.93. The Bertz CT molecular complexity index is 654. The smallest absolute Gasteiger partial charge is 0.433 e. The predicted octanol–water partition coefficient (Wildman–Crippen LogP) is 3.68. The van der Waals surface area contributed by atoms with Crippen LogP contribution in [0.3, 0.4) is 0 Å². The van der Waals surface area contributed by atoms with E-state index in [0.29, 0.717) is 6.42 Å². The molecule has 0 aromatic carbocycles. The van der Waals surface area contributed by atoms with Gasteiger partial charge in [0, 0.05) is 5.57 Å². The fraction of sp³-hybridized carbons (Fsp3) is 0.632. The lowest BCUT2D eigenvalue weighted by Gasteiger charge is -2.25. The third kappa shape index (κ3) is 8.43. The monoisotopic (exact) mass is 400 g/mol. The van der Waals surface area contributed by atoms with Crippen molar-refractivity contribution >= 4 is 17.9 Å². The average Bonchev–Trinajstić information content (AvgIpc) is 3.37. The van der Waals surface area contributed by atoms with Crippen LogP contribution in [0.25, 0.3) is 0 Å². The molecule has 0 N–H and O–H groups in total. The van der Waals surface area contributed by atoms with E-state index in [1.807, 2.05) is 6.92 Å². The van der Waals surface area contributed by atoms with Crippen molar-refractivity contribution in [2.24, 2.45) is 0 Å². The van der Waals surface area contributed by atoms with Crippen LogP contribution in [-0.2, 0) is 38.3 Å². The topological polar surface area (TPSA) is 113 Å². The molecular formula is C19H28O9. The van der Waals surface area contributed by atoms with E-state index >= 15 is 0 Å². The summed E-state index contributed by atoms with van der Waals surface area (Å²) in [6, 6.07) is 0. The van der Waals surface area contributed by atoms with Crippen molar-refractivity contribution in [2.75, 3.05) is 0 Å². The van der Waals surface area contributed by atoms with Gasteiger partial charge in [-0.2, -0.15) is 0 Å². The second kappa shape index (κ2) is 10.1. The number of allylic oxidation sites excluding steroid dienone is 2. The lowest BCUT2D eigenvalue weighted by molar-refractivity contribution is -0.218. The van der Waals surface area contributed by atoms with E-state index in [0.717, 1.165) is 12.5 Å². The van der Waals surface area contributed by atoms with E-state index in [1.165, 1.54) is 27.7 Å². The van der Waals surface area contributed by atoms with Gasteiger partial charge in [-0.3, -0.25) is 4.79 Å². The molecule has 1 aliphatic rings. The maximum atomic E-state index is 12.0. The molecule has 1 heterocycles. The first-order chi connectivity index (χ1) is 12.9. The number of carbonyl (C=O) groups is 3. The zero-order chi connectivity index (χ0) is 21.5. The van der Waals surface area contributed by atoms with Crippen molar-refractivity contribution in [3.63, 3.8) is 0 Å². The number of carbonyl (C=O) groups excluding carboxylic acids is 3. The minimum Gasteiger partial charge on any atom is -0.433 e. The number of ether oxygens (including phenoxy) is 4. The first kappa shape index (κ1) is 23.5. The molecule has 28 heavy (non-hydrogen) atoms. The molecule has 2 unspecified atom stereocenters. The lowest BCUT2D eigenvalue weighted by Crippen LogP contribution is -2.32. The molecule has 9 heteroatoms. The highest BCUT2D eigenvalue weighted by molar-refractivity contribution is 6.07. The number of hydrogen-bond acceptors (Lipinski definition) is 9. The van der Waals surface area contributed by atoms with Crippen LogP contribution >= 0.6 is 0 Å². The molecule has 0 amide bonds. The van der Waals surface area contributed by atoms with Crippen molar-refractivity contribution in [3.8, 4) is 0 Å². The molecule has 0 saturated carbocycles. The van der Waals surface area contributed by atoms with Gasteiger partial charge in [0.2, 0.25) is 12.6 Å². The van der Waals surface area contributed by atoms with Crippen LogP contribution in [0.1, 0.15) is 61.3 Å². The predicted molar refractivity (Wildman–Crippen MR) is 96.3 cm³/mol. The lowest BCUT2D eigenvalue weighted by atomic mass is 10.0. The van der Waals surface area contributed by atoms with Crippen LogP contribution in [0.2, 0.25) is 0 Å². The van der Waals surface area contributed by atoms with Gasteiger partial charge >= 0.3 is 18.1 Å². The highest BCUT2D eigenvalue weighted by Crippen LogP contribution is 2.23. The van der Waals surface area contributed by atoms with E-state index < -0.39 is 36.1 Å². The Labute approximate surface area is 164 Å². The van der Waals surface area contributed by atoms with Gasteiger partial charge < -0.3 is 18.9 Å². The SMILES string of the molecule is CCCC(C)(C)OC(=O)OC(C)OC(C)OC(=O)/C(C)=C/C(=O)C(C)=C1OO1. The van der Waals surface area contributed by atoms with Crippen LogP contribution in [0, 0.1) is 0 Å². The molecule has 0 bridgehead atoms. The number of esters is 1. The van der Waals surface area contributed by atoms with E-state index in [9.17, 15) is 14.4 Å². The second-order valence-electron chi connectivity index (χ2n) is 6.93. The van der Waals surface area contributed by atoms with Gasteiger partial charge in [0.05, 0.1) is 5.57 Å². The summed E-state index contributed by atoms with van der Waals surface area (Å²) in [5.41, 5.74) is -0.347. The summed E-state index contributed by atoms with van der Waals surface area (Å²) in [4.78, 5) is 44.6. The Morgan fingerprint density at radius 3 is 2.18 bits per heavy atom. The van der Waals surface area contributed by atoms with Crippen LogP contribution < -0.4 is 0 Å². The van der Waals surface area contributed by atoms with E-state index in [-0.39, 0.29) is 17.1 Å². The molecule has 158 valence electrons. The third-order valence-electron chi connectivity index (χ3n) is 3.64. The average molecular weight is 400 g/mol. The molecule has 1 aliphatic heterocycles. The zero-order valence-corrected chi connectivity index (χ0v) is 17.3. The molecule has 1 rings (SSSR count). The Morgan fingerprint density at radius 1 is 1.07 bits per heavy atom. The van der Waals surface area contributed by atoms with Gasteiger partial charge in [0.15, 0.2) is 5.78 Å². The zero-order valence-electron chi connectivity index (χ0n) is 17.3. The molecule has 0 aromatic heterocycles. The molecule has 0 aromatic rings. The minimum atomic E-state index is -1.02. The first-order valence-electron chi connectivity index (χ1n) is 8.99. The highest BCUT2D eigenvalue weighted by atomic mass is 17.4. The molecule has 0 aliphatic carbocycles. The molecular weight excluding hydrogens is 372 g/mol. The van der Waals surface area contributed by atoms with Crippen LogP contribution in [0.4, 0.5) is 4.79 Å². The number of rotatable bonds is 10. The summed E-state index contributed by atoms with van der Waals surface area (Å²) in [5.74, 6) is -1.07. The van der Waals surface area contributed by atoms with Gasteiger partial charge in [-0.15, -0.1) is 0 Å². The van der Waals surface area contributed by atoms with E-state index in [4.69, 9.17) is 18.9 Å². The normalized spacial score (nSPS) is 15.5. The van der Waals surface area contributed by atoms with Crippen molar-refractivity contribution in [3.05, 3.63) is 23.2 Å². The van der Waals surface area contributed by atoms with Gasteiger partial charge in [-0.05, 0) is 54.0 Å². The molecule has 0 spiro atoms. The number of hydrogen-bond donors (Lipinski definition) is 0. The van der Waals surface area contributed by atoms with E-state index in [2.05, 4.69) is 9.78 Å². The molecule has 0 radical (unpaired) electrons. The fourth-order valence-corrected chi connectivity index (χ4v) is 2.22. The molecule has 9 nitrogen and oxygen atoms in total. The summed E-state index contributed by atoms with van der Waals surface area (Å²) in [7, 11) is 0. The Morgan fingerprint density at radius 2 is 1.64 bits per heavy atom. The minimum absolute atomic E-state index is 0.0651. The number of ketones is 1. The first-order valence-corrected chi connectivity index (χ1v) is 8.99. The molecule has 2 atom stereocenters. The van der Waals surface area contributed by atoms with Gasteiger partial charge in [0.1, 0.15) is 5.60 Å². The van der Waals surface area contributed by atoms with Crippen molar-refractivity contribution in [2.45, 2.75) is 79.5 Å². The van der Waals surface area contributed by atoms with Crippen molar-refractivity contribution in [1.29, 1.82) is 0 Å². The summed E-state index contributed by atoms with van der Waals surface area (Å²) in [5, 5.41) is 0. The Hall–Kier alpha value is -2.55. The maximum absolute atomic E-state index is 12.0. The Kier molecular flexibility index (Phi) is 8.49. The van der Waals surface area contributed by atoms with Crippen molar-refractivity contribution < 1.29 is 43.1 Å². The van der Waals surface area contributed by atoms with Gasteiger partial charge in [0.25, 0.3) is 0 Å².